The van der Waals surface area contributed by atoms with Gasteiger partial charge in [-0.05, 0) is 91.5 Å². The number of nitrogens with two attached hydrogens (primary N) is 1. The molecule has 0 heterocycles. The Balaban J connectivity index is 1.43. The molecule has 0 aromatic heterocycles. The maximum absolute atomic E-state index is 13.2. The van der Waals surface area contributed by atoms with Crippen LogP contribution in [-0.4, -0.2) is 33.2 Å². The molecule has 4 aromatic carbocycles. The third-order valence-electron chi connectivity index (χ3n) is 7.03. The average Bonchev–Trinajstić information content (AvgIpc) is 2.96. The van der Waals surface area contributed by atoms with Crippen molar-refractivity contribution < 1.29 is 17.9 Å². The van der Waals surface area contributed by atoms with E-state index in [2.05, 4.69) is 15.4 Å². The van der Waals surface area contributed by atoms with Crippen LogP contribution in [0, 0.1) is 26.7 Å². The van der Waals surface area contributed by atoms with Gasteiger partial charge in [0.2, 0.25) is 10.0 Å². The van der Waals surface area contributed by atoms with Gasteiger partial charge in [-0.3, -0.25) is 4.79 Å². The van der Waals surface area contributed by atoms with E-state index in [0.29, 0.717) is 28.3 Å². The standard InChI is InChI=1S/C33H36N4O4S2/c1-21-16-22(2)31(23(3)17-21)43(39,40)35-20-27(32(38)41-4)18-24-12-14-25(15-13-24)26-8-7-9-28(19-26)36-33(42)37-30-11-6-5-10-29(30)34/h5-17,19,27,35H,18,20,34H2,1-4H3,(H2,36,37,42)/t27-/m1/s1. The lowest BCUT2D eigenvalue weighted by molar-refractivity contribution is -0.145. The molecule has 0 bridgehead atoms. The van der Waals surface area contributed by atoms with E-state index < -0.39 is 21.9 Å². The van der Waals surface area contributed by atoms with E-state index in [4.69, 9.17) is 22.7 Å². The maximum atomic E-state index is 13.2. The molecule has 0 saturated heterocycles. The van der Waals surface area contributed by atoms with Gasteiger partial charge >= 0.3 is 5.97 Å². The zero-order valence-corrected chi connectivity index (χ0v) is 26.2. The van der Waals surface area contributed by atoms with Crippen LogP contribution in [0.1, 0.15) is 22.3 Å². The normalized spacial score (nSPS) is 11.9. The summed E-state index contributed by atoms with van der Waals surface area (Å²) in [6, 6.07) is 26.7. The van der Waals surface area contributed by atoms with Crippen LogP contribution in [0.2, 0.25) is 0 Å². The largest absolute Gasteiger partial charge is 0.469 e. The minimum absolute atomic E-state index is 0.0835. The first-order chi connectivity index (χ1) is 20.5. The summed E-state index contributed by atoms with van der Waals surface area (Å²) in [5.41, 5.74) is 13.3. The molecular formula is C33H36N4O4S2. The number of benzene rings is 4. The van der Waals surface area contributed by atoms with Gasteiger partial charge in [0.25, 0.3) is 0 Å². The zero-order chi connectivity index (χ0) is 31.1. The Kier molecular flexibility index (Phi) is 10.2. The van der Waals surface area contributed by atoms with Crippen molar-refractivity contribution in [2.45, 2.75) is 32.1 Å². The number of esters is 1. The first kappa shape index (κ1) is 31.7. The number of para-hydroxylation sites is 2. The van der Waals surface area contributed by atoms with Gasteiger partial charge in [-0.25, -0.2) is 13.1 Å². The molecule has 10 heteroatoms. The fourth-order valence-corrected chi connectivity index (χ4v) is 6.83. The predicted molar refractivity (Wildman–Crippen MR) is 178 cm³/mol. The molecule has 5 N–H and O–H groups in total. The summed E-state index contributed by atoms with van der Waals surface area (Å²) in [5.74, 6) is -1.18. The highest BCUT2D eigenvalue weighted by atomic mass is 32.2. The molecule has 1 atom stereocenters. The van der Waals surface area contributed by atoms with E-state index >= 15 is 0 Å². The summed E-state index contributed by atoms with van der Waals surface area (Å²) in [4.78, 5) is 12.8. The number of rotatable bonds is 10. The van der Waals surface area contributed by atoms with Crippen molar-refractivity contribution in [3.8, 4) is 11.1 Å². The first-order valence-electron chi connectivity index (χ1n) is 13.7. The van der Waals surface area contributed by atoms with Gasteiger partial charge in [-0.1, -0.05) is 66.2 Å². The van der Waals surface area contributed by atoms with Crippen LogP contribution in [0.5, 0.6) is 0 Å². The number of carbonyl (C=O) groups excluding carboxylic acids is 1. The molecule has 0 spiro atoms. The number of hydrogen-bond acceptors (Lipinski definition) is 6. The smallest absolute Gasteiger partial charge is 0.310 e. The first-order valence-corrected chi connectivity index (χ1v) is 15.6. The number of thiocarbonyl (C=S) groups is 1. The second-order valence-corrected chi connectivity index (χ2v) is 12.6. The number of aryl methyl sites for hydroxylation is 3. The SMILES string of the molecule is COC(=O)[C@@H](CNS(=O)(=O)c1c(C)cc(C)cc1C)Cc1ccc(-c2cccc(NC(=S)Nc3ccccc3N)c2)cc1. The molecule has 4 rings (SSSR count). The van der Waals surface area contributed by atoms with Gasteiger partial charge in [-0.2, -0.15) is 0 Å². The molecule has 0 amide bonds. The molecule has 0 aliphatic rings. The van der Waals surface area contributed by atoms with Crippen LogP contribution in [0.25, 0.3) is 11.1 Å². The molecular weight excluding hydrogens is 581 g/mol. The van der Waals surface area contributed by atoms with E-state index in [9.17, 15) is 13.2 Å². The molecule has 0 aliphatic heterocycles. The molecule has 0 radical (unpaired) electrons. The monoisotopic (exact) mass is 616 g/mol. The summed E-state index contributed by atoms with van der Waals surface area (Å²) in [6.07, 6.45) is 0.311. The Morgan fingerprint density at radius 3 is 2.21 bits per heavy atom. The van der Waals surface area contributed by atoms with Gasteiger partial charge in [-0.15, -0.1) is 0 Å². The van der Waals surface area contributed by atoms with Gasteiger partial charge < -0.3 is 21.1 Å². The maximum Gasteiger partial charge on any atom is 0.310 e. The lowest BCUT2D eigenvalue weighted by atomic mass is 9.97. The molecule has 0 saturated carbocycles. The van der Waals surface area contributed by atoms with Crippen LogP contribution in [0.4, 0.5) is 17.1 Å². The summed E-state index contributed by atoms with van der Waals surface area (Å²) in [6.45, 7) is 5.38. The average molecular weight is 617 g/mol. The number of methoxy groups -OCH3 is 1. The molecule has 224 valence electrons. The third kappa shape index (κ3) is 8.19. The van der Waals surface area contributed by atoms with Gasteiger partial charge in [0.15, 0.2) is 5.11 Å². The number of sulfonamides is 1. The van der Waals surface area contributed by atoms with E-state index in [1.165, 1.54) is 7.11 Å². The third-order valence-corrected chi connectivity index (χ3v) is 8.96. The quantitative estimate of drug-likeness (QED) is 0.0975. The van der Waals surface area contributed by atoms with Crippen molar-refractivity contribution in [2.75, 3.05) is 30.0 Å². The van der Waals surface area contributed by atoms with Crippen molar-refractivity contribution in [1.29, 1.82) is 0 Å². The van der Waals surface area contributed by atoms with Crippen molar-refractivity contribution in [1.82, 2.24) is 4.72 Å². The molecule has 4 aromatic rings. The summed E-state index contributed by atoms with van der Waals surface area (Å²) >= 11 is 5.46. The summed E-state index contributed by atoms with van der Waals surface area (Å²) in [5, 5.41) is 6.72. The highest BCUT2D eigenvalue weighted by Crippen LogP contribution is 2.26. The van der Waals surface area contributed by atoms with Crippen molar-refractivity contribution in [2.24, 2.45) is 5.92 Å². The topological polar surface area (TPSA) is 123 Å². The second-order valence-electron chi connectivity index (χ2n) is 10.4. The fourth-order valence-electron chi connectivity index (χ4n) is 5.07. The Hall–Kier alpha value is -4.25. The van der Waals surface area contributed by atoms with E-state index in [1.54, 1.807) is 19.9 Å². The van der Waals surface area contributed by atoms with E-state index in [0.717, 1.165) is 33.6 Å². The van der Waals surface area contributed by atoms with E-state index in [-0.39, 0.29) is 11.4 Å². The van der Waals surface area contributed by atoms with Gasteiger partial charge in [0, 0.05) is 12.2 Å². The number of anilines is 3. The number of carbonyl (C=O) groups is 1. The van der Waals surface area contributed by atoms with E-state index in [1.807, 2.05) is 85.8 Å². The Labute approximate surface area is 258 Å². The second kappa shape index (κ2) is 13.8. The zero-order valence-electron chi connectivity index (χ0n) is 24.6. The van der Waals surface area contributed by atoms with Crippen LogP contribution in [0.3, 0.4) is 0 Å². The number of ether oxygens (including phenoxy) is 1. The fraction of sp³-hybridized carbons (Fsp3) is 0.212. The molecule has 0 fully saturated rings. The van der Waals surface area contributed by atoms with Crippen LogP contribution >= 0.6 is 12.2 Å². The molecule has 8 nitrogen and oxygen atoms in total. The minimum atomic E-state index is -3.83. The lowest BCUT2D eigenvalue weighted by Crippen LogP contribution is -2.35. The van der Waals surface area contributed by atoms with Gasteiger partial charge in [0.1, 0.15) is 0 Å². The predicted octanol–water partition coefficient (Wildman–Crippen LogP) is 5.98. The highest BCUT2D eigenvalue weighted by Gasteiger charge is 2.25. The van der Waals surface area contributed by atoms with Crippen molar-refractivity contribution in [3.63, 3.8) is 0 Å². The van der Waals surface area contributed by atoms with Crippen LogP contribution < -0.4 is 21.1 Å². The van der Waals surface area contributed by atoms with Crippen molar-refractivity contribution >= 4 is 50.4 Å². The minimum Gasteiger partial charge on any atom is -0.469 e. The number of hydrogen-bond donors (Lipinski definition) is 4. The van der Waals surface area contributed by atoms with Crippen LogP contribution in [0.15, 0.2) is 89.8 Å². The Bertz CT molecular complexity index is 1720. The molecule has 0 unspecified atom stereocenters. The number of nitrogens with one attached hydrogen (secondary N) is 3. The summed E-state index contributed by atoms with van der Waals surface area (Å²) in [7, 11) is -2.52. The molecule has 0 aliphatic carbocycles. The lowest BCUT2D eigenvalue weighted by Gasteiger charge is -2.18. The summed E-state index contributed by atoms with van der Waals surface area (Å²) < 4.78 is 34.0. The van der Waals surface area contributed by atoms with Crippen molar-refractivity contribution in [3.05, 3.63) is 107 Å². The van der Waals surface area contributed by atoms with Gasteiger partial charge in [0.05, 0.1) is 29.3 Å². The molecule has 43 heavy (non-hydrogen) atoms. The Morgan fingerprint density at radius 2 is 1.56 bits per heavy atom. The highest BCUT2D eigenvalue weighted by molar-refractivity contribution is 7.89. The number of nitrogen functional groups attached to an aromatic ring is 1. The Morgan fingerprint density at radius 1 is 0.884 bits per heavy atom. The van der Waals surface area contributed by atoms with Crippen LogP contribution in [-0.2, 0) is 26.0 Å².